The van der Waals surface area contributed by atoms with Crippen molar-refractivity contribution in [2.45, 2.75) is 70.2 Å². The molecule has 1 saturated heterocycles. The van der Waals surface area contributed by atoms with E-state index < -0.39 is 13.6 Å². The molecule has 5 heterocycles. The van der Waals surface area contributed by atoms with Gasteiger partial charge in [0.1, 0.15) is 23.6 Å². The van der Waals surface area contributed by atoms with Crippen LogP contribution in [0.4, 0.5) is 5.69 Å². The summed E-state index contributed by atoms with van der Waals surface area (Å²) >= 11 is 0. The van der Waals surface area contributed by atoms with Gasteiger partial charge in [-0.05, 0) is 61.6 Å². The van der Waals surface area contributed by atoms with Crippen molar-refractivity contribution in [3.05, 3.63) is 60.9 Å². The number of carbonyl (C=O) groups is 1. The maximum atomic E-state index is 12.6. The van der Waals surface area contributed by atoms with Crippen molar-refractivity contribution in [2.75, 3.05) is 24.6 Å². The van der Waals surface area contributed by atoms with Gasteiger partial charge in [-0.1, -0.05) is 19.6 Å². The molecule has 0 spiro atoms. The molecule has 0 aromatic carbocycles. The molecular formula is C32H40N8O2Si. The second-order valence-corrected chi connectivity index (χ2v) is 18.9. The highest BCUT2D eigenvalue weighted by atomic mass is 28.3. The molecule has 1 N–H and O–H groups in total. The number of ether oxygens (including phenoxy) is 1. The molecule has 11 heteroatoms. The number of nitrogens with zero attached hydrogens (tertiary/aromatic N) is 7. The Hall–Kier alpha value is -4.01. The van der Waals surface area contributed by atoms with Crippen molar-refractivity contribution in [2.24, 2.45) is 5.92 Å². The average Bonchev–Trinajstić information content (AvgIpc) is 3.56. The van der Waals surface area contributed by atoms with Gasteiger partial charge >= 0.3 is 0 Å². The van der Waals surface area contributed by atoms with Crippen LogP contribution < -0.4 is 10.2 Å². The first-order valence-electron chi connectivity index (χ1n) is 15.1. The van der Waals surface area contributed by atoms with Crippen LogP contribution in [0.2, 0.25) is 25.7 Å². The van der Waals surface area contributed by atoms with Gasteiger partial charge in [-0.15, -0.1) is 0 Å². The van der Waals surface area contributed by atoms with E-state index in [9.17, 15) is 10.1 Å². The number of rotatable bonds is 12. The number of aromatic nitrogens is 5. The van der Waals surface area contributed by atoms with Crippen molar-refractivity contribution in [3.8, 4) is 17.2 Å². The van der Waals surface area contributed by atoms with Crippen LogP contribution >= 0.6 is 0 Å². The SMILES string of the molecule is CC(NC(=O)c1ccc(N2CC(CC#N)(n3cc(-c4ccnc5c4ccn5COCC[Si](C)(C)C)cn3)C2)cn1)C1CC1. The van der Waals surface area contributed by atoms with Crippen molar-refractivity contribution in [1.82, 2.24) is 29.6 Å². The van der Waals surface area contributed by atoms with Gasteiger partial charge in [0.15, 0.2) is 0 Å². The van der Waals surface area contributed by atoms with Gasteiger partial charge in [-0.2, -0.15) is 10.4 Å². The molecule has 1 atom stereocenters. The van der Waals surface area contributed by atoms with E-state index in [0.29, 0.717) is 37.9 Å². The molecule has 1 saturated carbocycles. The number of nitrogens with one attached hydrogen (secondary N) is 1. The van der Waals surface area contributed by atoms with Gasteiger partial charge in [-0.3, -0.25) is 9.48 Å². The summed E-state index contributed by atoms with van der Waals surface area (Å²) < 4.78 is 9.97. The second-order valence-electron chi connectivity index (χ2n) is 13.3. The molecule has 1 unspecified atom stereocenters. The van der Waals surface area contributed by atoms with Crippen LogP contribution in [-0.4, -0.2) is 64.0 Å². The summed E-state index contributed by atoms with van der Waals surface area (Å²) in [7, 11) is -1.14. The third-order valence-electron chi connectivity index (χ3n) is 8.68. The summed E-state index contributed by atoms with van der Waals surface area (Å²) in [6.07, 6.45) is 12.2. The van der Waals surface area contributed by atoms with Crippen molar-refractivity contribution in [3.63, 3.8) is 0 Å². The predicted molar refractivity (Wildman–Crippen MR) is 169 cm³/mol. The van der Waals surface area contributed by atoms with Gasteiger partial charge in [0, 0.05) is 63.4 Å². The van der Waals surface area contributed by atoms with E-state index in [0.717, 1.165) is 40.5 Å². The van der Waals surface area contributed by atoms with E-state index in [2.05, 4.69) is 58.9 Å². The lowest BCUT2D eigenvalue weighted by molar-refractivity contribution is 0.0898. The molecule has 4 aromatic rings. The number of anilines is 1. The Bertz CT molecular complexity index is 1640. The minimum absolute atomic E-state index is 0.132. The zero-order valence-corrected chi connectivity index (χ0v) is 26.5. The Morgan fingerprint density at radius 3 is 2.70 bits per heavy atom. The number of hydrogen-bond acceptors (Lipinski definition) is 7. The minimum atomic E-state index is -1.14. The van der Waals surface area contributed by atoms with Crippen LogP contribution in [0.3, 0.4) is 0 Å². The fourth-order valence-corrected chi connectivity index (χ4v) is 6.50. The topological polar surface area (TPSA) is 114 Å². The van der Waals surface area contributed by atoms with Gasteiger partial charge in [0.25, 0.3) is 5.91 Å². The third kappa shape index (κ3) is 6.21. The first-order valence-corrected chi connectivity index (χ1v) is 18.8. The van der Waals surface area contributed by atoms with Crippen molar-refractivity contribution < 1.29 is 9.53 Å². The third-order valence-corrected chi connectivity index (χ3v) is 10.4. The zero-order valence-electron chi connectivity index (χ0n) is 25.5. The summed E-state index contributed by atoms with van der Waals surface area (Å²) in [4.78, 5) is 23.8. The summed E-state index contributed by atoms with van der Waals surface area (Å²) in [5.74, 6) is 0.461. The predicted octanol–water partition coefficient (Wildman–Crippen LogP) is 5.26. The van der Waals surface area contributed by atoms with Crippen LogP contribution in [-0.2, 0) is 17.0 Å². The van der Waals surface area contributed by atoms with E-state index in [1.165, 1.54) is 12.8 Å². The molecule has 224 valence electrons. The van der Waals surface area contributed by atoms with E-state index in [4.69, 9.17) is 9.84 Å². The van der Waals surface area contributed by atoms with Gasteiger partial charge in [-0.25, -0.2) is 9.97 Å². The van der Waals surface area contributed by atoms with Gasteiger partial charge in [0.2, 0.25) is 0 Å². The first kappa shape index (κ1) is 29.1. The Morgan fingerprint density at radius 2 is 2.00 bits per heavy atom. The van der Waals surface area contributed by atoms with E-state index in [1.807, 2.05) is 46.2 Å². The Balaban J connectivity index is 1.14. The van der Waals surface area contributed by atoms with Crippen LogP contribution in [0.25, 0.3) is 22.2 Å². The van der Waals surface area contributed by atoms with Gasteiger partial charge in [0.05, 0.1) is 30.6 Å². The number of fused-ring (bicyclic) bond motifs is 1. The highest BCUT2D eigenvalue weighted by Gasteiger charge is 2.46. The maximum absolute atomic E-state index is 12.6. The number of pyridine rings is 2. The van der Waals surface area contributed by atoms with Crippen LogP contribution in [0, 0.1) is 17.2 Å². The largest absolute Gasteiger partial charge is 0.365 e. The molecule has 1 aliphatic carbocycles. The Kier molecular flexibility index (Phi) is 7.83. The lowest BCUT2D eigenvalue weighted by atomic mass is 9.86. The van der Waals surface area contributed by atoms with Gasteiger partial charge < -0.3 is 19.5 Å². The molecule has 10 nitrogen and oxygen atoms in total. The fourth-order valence-electron chi connectivity index (χ4n) is 5.74. The van der Waals surface area contributed by atoms with E-state index >= 15 is 0 Å². The minimum Gasteiger partial charge on any atom is -0.365 e. The van der Waals surface area contributed by atoms with Crippen LogP contribution in [0.1, 0.15) is 36.7 Å². The summed E-state index contributed by atoms with van der Waals surface area (Å²) in [5, 5.41) is 18.5. The smallest absolute Gasteiger partial charge is 0.270 e. The molecule has 2 fully saturated rings. The zero-order chi connectivity index (χ0) is 30.2. The quantitative estimate of drug-likeness (QED) is 0.175. The summed E-state index contributed by atoms with van der Waals surface area (Å²) in [5.41, 5.74) is 3.83. The van der Waals surface area contributed by atoms with Crippen molar-refractivity contribution in [1.29, 1.82) is 5.26 Å². The molecular weight excluding hydrogens is 556 g/mol. The van der Waals surface area contributed by atoms with Crippen molar-refractivity contribution >= 4 is 30.7 Å². The van der Waals surface area contributed by atoms with E-state index in [1.54, 1.807) is 12.3 Å². The number of amides is 1. The molecule has 43 heavy (non-hydrogen) atoms. The van der Waals surface area contributed by atoms with Crippen LogP contribution in [0.5, 0.6) is 0 Å². The van der Waals surface area contributed by atoms with Crippen LogP contribution in [0.15, 0.2) is 55.2 Å². The normalized spacial score (nSPS) is 17.0. The first-order chi connectivity index (χ1) is 20.7. The lowest BCUT2D eigenvalue weighted by Crippen LogP contribution is -2.63. The average molecular weight is 597 g/mol. The summed E-state index contributed by atoms with van der Waals surface area (Å²) in [6.45, 7) is 11.6. The number of carbonyl (C=O) groups excluding carboxylic acids is 1. The standard InChI is InChI=1S/C32H40N8O2Si/c1-23(24-5-6-24)37-31(41)29-8-7-26(18-35-29)39-20-32(21-39,11-12-33)40-19-25(17-36-40)27-9-13-34-30-28(27)10-14-38(30)22-42-15-16-43(2,3)4/h7-10,13-14,17-19,23-24H,5-6,11,15-16,20-22H2,1-4H3,(H,37,41). The summed E-state index contributed by atoms with van der Waals surface area (Å²) in [6, 6.07) is 11.5. The monoisotopic (exact) mass is 596 g/mol. The highest BCUT2D eigenvalue weighted by molar-refractivity contribution is 6.76. The highest BCUT2D eigenvalue weighted by Crippen LogP contribution is 2.37. The molecule has 1 amide bonds. The molecule has 6 rings (SSSR count). The molecule has 4 aromatic heterocycles. The number of nitriles is 1. The molecule has 2 aliphatic rings. The number of hydrogen-bond donors (Lipinski definition) is 1. The molecule has 0 radical (unpaired) electrons. The van der Waals surface area contributed by atoms with E-state index in [-0.39, 0.29) is 11.9 Å². The lowest BCUT2D eigenvalue weighted by Gasteiger charge is -2.50. The fraction of sp³-hybridized carbons (Fsp3) is 0.469. The maximum Gasteiger partial charge on any atom is 0.270 e. The Morgan fingerprint density at radius 1 is 1.19 bits per heavy atom. The second kappa shape index (κ2) is 11.6. The molecule has 1 aliphatic heterocycles. The Labute approximate surface area is 253 Å². The molecule has 0 bridgehead atoms.